The summed E-state index contributed by atoms with van der Waals surface area (Å²) in [7, 11) is 1.42. The van der Waals surface area contributed by atoms with Gasteiger partial charge in [0.25, 0.3) is 5.91 Å². The molecule has 2 unspecified atom stereocenters. The van der Waals surface area contributed by atoms with Gasteiger partial charge in [0.05, 0.1) is 13.0 Å². The fourth-order valence-corrected chi connectivity index (χ4v) is 1.52. The molecular weight excluding hydrogens is 222 g/mol. The molecule has 0 bridgehead atoms. The normalized spacial score (nSPS) is 21.8. The van der Waals surface area contributed by atoms with Crippen molar-refractivity contribution >= 4 is 17.7 Å². The van der Waals surface area contributed by atoms with E-state index in [1.165, 1.54) is 7.05 Å². The molecule has 1 aliphatic rings. The number of carbonyl (C=O) groups excluding carboxylic acids is 3. The summed E-state index contributed by atoms with van der Waals surface area (Å²) in [5.74, 6) is -0.853. The molecule has 2 N–H and O–H groups in total. The van der Waals surface area contributed by atoms with Crippen LogP contribution in [0.1, 0.15) is 26.7 Å². The Kier molecular flexibility index (Phi) is 4.62. The van der Waals surface area contributed by atoms with Gasteiger partial charge in [-0.3, -0.25) is 19.3 Å². The summed E-state index contributed by atoms with van der Waals surface area (Å²) >= 11 is 0. The van der Waals surface area contributed by atoms with Crippen LogP contribution in [-0.2, 0) is 14.4 Å². The molecule has 2 atom stereocenters. The molecule has 96 valence electrons. The minimum absolute atomic E-state index is 0.0599. The Balaban J connectivity index is 2.37. The lowest BCUT2D eigenvalue weighted by Gasteiger charge is -2.13. The number of hydrogen-bond acceptors (Lipinski definition) is 4. The van der Waals surface area contributed by atoms with Gasteiger partial charge in [-0.05, 0) is 13.3 Å². The van der Waals surface area contributed by atoms with Crippen LogP contribution in [0, 0.1) is 0 Å². The Bertz CT molecular complexity index is 330. The molecule has 1 heterocycles. The maximum Gasteiger partial charge on any atom is 0.252 e. The second-order valence-corrected chi connectivity index (χ2v) is 4.31. The van der Waals surface area contributed by atoms with Crippen LogP contribution >= 0.6 is 0 Å². The number of rotatable bonds is 5. The number of likely N-dealkylation sites (N-methyl/N-ethyl adjacent to an activating group) is 1. The largest absolute Gasteiger partial charge is 0.343 e. The number of nitrogens with one attached hydrogen (secondary N) is 2. The third-order valence-corrected chi connectivity index (χ3v) is 2.94. The topological polar surface area (TPSA) is 78.5 Å². The van der Waals surface area contributed by atoms with Crippen molar-refractivity contribution in [3.05, 3.63) is 0 Å². The van der Waals surface area contributed by atoms with E-state index in [1.807, 2.05) is 13.8 Å². The summed E-state index contributed by atoms with van der Waals surface area (Å²) in [6, 6.07) is -0.442. The lowest BCUT2D eigenvalue weighted by atomic mass is 10.2. The number of likely N-dealkylation sites (tertiary alicyclic amines) is 1. The van der Waals surface area contributed by atoms with Crippen molar-refractivity contribution in [2.45, 2.75) is 38.8 Å². The van der Waals surface area contributed by atoms with E-state index in [0.717, 1.165) is 11.3 Å². The molecule has 1 fully saturated rings. The number of amides is 3. The smallest absolute Gasteiger partial charge is 0.252 e. The van der Waals surface area contributed by atoms with E-state index in [2.05, 4.69) is 10.6 Å². The average Bonchev–Trinajstić information content (AvgIpc) is 2.54. The third-order valence-electron chi connectivity index (χ3n) is 2.94. The fourth-order valence-electron chi connectivity index (χ4n) is 1.52. The van der Waals surface area contributed by atoms with Crippen molar-refractivity contribution in [2.24, 2.45) is 0 Å². The first-order valence-corrected chi connectivity index (χ1v) is 5.78. The quantitative estimate of drug-likeness (QED) is 0.621. The van der Waals surface area contributed by atoms with Gasteiger partial charge in [-0.1, -0.05) is 6.92 Å². The molecule has 0 aromatic rings. The van der Waals surface area contributed by atoms with Crippen molar-refractivity contribution in [2.75, 3.05) is 13.6 Å². The SMILES string of the molecule is CCC(C)NCC(=O)NC1CC(=O)N(C)C1=O. The predicted molar refractivity (Wildman–Crippen MR) is 62.1 cm³/mol. The van der Waals surface area contributed by atoms with E-state index < -0.39 is 6.04 Å². The highest BCUT2D eigenvalue weighted by Gasteiger charge is 2.36. The van der Waals surface area contributed by atoms with Gasteiger partial charge >= 0.3 is 0 Å². The van der Waals surface area contributed by atoms with E-state index in [9.17, 15) is 14.4 Å². The first-order valence-electron chi connectivity index (χ1n) is 5.78. The number of nitrogens with zero attached hydrogens (tertiary/aromatic N) is 1. The summed E-state index contributed by atoms with van der Waals surface area (Å²) < 4.78 is 0. The van der Waals surface area contributed by atoms with Crippen molar-refractivity contribution in [1.82, 2.24) is 15.5 Å². The van der Waals surface area contributed by atoms with Crippen LogP contribution in [0.15, 0.2) is 0 Å². The first-order chi connectivity index (χ1) is 7.95. The molecule has 1 saturated heterocycles. The van der Waals surface area contributed by atoms with Crippen LogP contribution in [0.4, 0.5) is 0 Å². The van der Waals surface area contributed by atoms with Crippen LogP contribution < -0.4 is 10.6 Å². The number of carbonyl (C=O) groups is 3. The van der Waals surface area contributed by atoms with Crippen molar-refractivity contribution in [3.63, 3.8) is 0 Å². The predicted octanol–water partition coefficient (Wildman–Crippen LogP) is -0.752. The Morgan fingerprint density at radius 1 is 1.53 bits per heavy atom. The zero-order chi connectivity index (χ0) is 13.0. The van der Waals surface area contributed by atoms with E-state index >= 15 is 0 Å². The minimum atomic E-state index is -0.696. The van der Waals surface area contributed by atoms with Gasteiger partial charge in [0.2, 0.25) is 11.8 Å². The molecular formula is C11H19N3O3. The second-order valence-electron chi connectivity index (χ2n) is 4.31. The molecule has 1 aliphatic heterocycles. The highest BCUT2D eigenvalue weighted by atomic mass is 16.2. The monoisotopic (exact) mass is 241 g/mol. The van der Waals surface area contributed by atoms with Crippen LogP contribution in [0.5, 0.6) is 0 Å². The highest BCUT2D eigenvalue weighted by Crippen LogP contribution is 2.09. The summed E-state index contributed by atoms with van der Waals surface area (Å²) in [5.41, 5.74) is 0. The first kappa shape index (κ1) is 13.6. The standard InChI is InChI=1S/C11H19N3O3/c1-4-7(2)12-6-9(15)13-8-5-10(16)14(3)11(8)17/h7-8,12H,4-6H2,1-3H3,(H,13,15). The van der Waals surface area contributed by atoms with Gasteiger partial charge in [-0.2, -0.15) is 0 Å². The lowest BCUT2D eigenvalue weighted by molar-refractivity contribution is -0.138. The molecule has 0 aromatic carbocycles. The van der Waals surface area contributed by atoms with E-state index in [-0.39, 0.29) is 36.7 Å². The molecule has 6 nitrogen and oxygen atoms in total. The van der Waals surface area contributed by atoms with Gasteiger partial charge < -0.3 is 10.6 Å². The van der Waals surface area contributed by atoms with Gasteiger partial charge in [-0.25, -0.2) is 0 Å². The molecule has 0 aromatic heterocycles. The van der Waals surface area contributed by atoms with Crippen molar-refractivity contribution < 1.29 is 14.4 Å². The summed E-state index contributed by atoms with van der Waals surface area (Å²) in [5, 5.41) is 5.58. The van der Waals surface area contributed by atoms with Crippen molar-refractivity contribution in [3.8, 4) is 0 Å². The zero-order valence-corrected chi connectivity index (χ0v) is 10.4. The summed E-state index contributed by atoms with van der Waals surface area (Å²) in [6.07, 6.45) is 0.987. The van der Waals surface area contributed by atoms with Gasteiger partial charge in [0.1, 0.15) is 6.04 Å². The zero-order valence-electron chi connectivity index (χ0n) is 10.4. The fraction of sp³-hybridized carbons (Fsp3) is 0.727. The highest BCUT2D eigenvalue weighted by molar-refractivity contribution is 6.06. The molecule has 0 spiro atoms. The average molecular weight is 241 g/mol. The minimum Gasteiger partial charge on any atom is -0.343 e. The van der Waals surface area contributed by atoms with Gasteiger partial charge in [0.15, 0.2) is 0 Å². The maximum atomic E-state index is 11.5. The Morgan fingerprint density at radius 2 is 2.18 bits per heavy atom. The molecule has 3 amide bonds. The summed E-state index contributed by atoms with van der Waals surface area (Å²) in [6.45, 7) is 4.16. The molecule has 1 rings (SSSR count). The number of imide groups is 1. The molecule has 0 aliphatic carbocycles. The molecule has 17 heavy (non-hydrogen) atoms. The Morgan fingerprint density at radius 3 is 2.65 bits per heavy atom. The van der Waals surface area contributed by atoms with Crippen LogP contribution in [-0.4, -0.2) is 48.3 Å². The molecule has 6 heteroatoms. The van der Waals surface area contributed by atoms with E-state index in [0.29, 0.717) is 0 Å². The third kappa shape index (κ3) is 3.52. The van der Waals surface area contributed by atoms with Crippen LogP contribution in [0.2, 0.25) is 0 Å². The molecule has 0 radical (unpaired) electrons. The second kappa shape index (κ2) is 5.77. The maximum absolute atomic E-state index is 11.5. The van der Waals surface area contributed by atoms with Crippen molar-refractivity contribution in [1.29, 1.82) is 0 Å². The van der Waals surface area contributed by atoms with Gasteiger partial charge in [-0.15, -0.1) is 0 Å². The lowest BCUT2D eigenvalue weighted by Crippen LogP contribution is -2.45. The van der Waals surface area contributed by atoms with E-state index in [4.69, 9.17) is 0 Å². The van der Waals surface area contributed by atoms with Crippen LogP contribution in [0.3, 0.4) is 0 Å². The van der Waals surface area contributed by atoms with Gasteiger partial charge in [0, 0.05) is 13.1 Å². The number of hydrogen-bond donors (Lipinski definition) is 2. The Hall–Kier alpha value is -1.43. The van der Waals surface area contributed by atoms with Crippen LogP contribution in [0.25, 0.3) is 0 Å². The molecule has 0 saturated carbocycles. The Labute approximate surface area is 101 Å². The van der Waals surface area contributed by atoms with E-state index in [1.54, 1.807) is 0 Å². The summed E-state index contributed by atoms with van der Waals surface area (Å²) in [4.78, 5) is 35.3.